The quantitative estimate of drug-likeness (QED) is 0.858. The molecule has 4 nitrogen and oxygen atoms in total. The molecule has 1 aromatic rings. The molecule has 0 saturated heterocycles. The van der Waals surface area contributed by atoms with Crippen molar-refractivity contribution < 1.29 is 14.7 Å². The second-order valence-corrected chi connectivity index (χ2v) is 5.55. The Bertz CT molecular complexity index is 492. The van der Waals surface area contributed by atoms with Gasteiger partial charge in [0.05, 0.1) is 0 Å². The minimum Gasteiger partial charge on any atom is -0.481 e. The van der Waals surface area contributed by atoms with Crippen LogP contribution in [-0.4, -0.2) is 22.5 Å². The summed E-state index contributed by atoms with van der Waals surface area (Å²) in [7, 11) is 0. The van der Waals surface area contributed by atoms with Crippen LogP contribution in [0.15, 0.2) is 18.2 Å². The van der Waals surface area contributed by atoms with Gasteiger partial charge in [0.25, 0.3) is 5.91 Å². The van der Waals surface area contributed by atoms with Crippen LogP contribution in [0.2, 0.25) is 0 Å². The van der Waals surface area contributed by atoms with E-state index in [0.29, 0.717) is 12.0 Å². The van der Waals surface area contributed by atoms with E-state index in [1.165, 1.54) is 0 Å². The summed E-state index contributed by atoms with van der Waals surface area (Å²) in [5.41, 5.74) is 2.05. The first-order valence-corrected chi connectivity index (χ1v) is 6.33. The highest BCUT2D eigenvalue weighted by Gasteiger charge is 2.22. The van der Waals surface area contributed by atoms with Crippen molar-refractivity contribution in [2.45, 2.75) is 46.1 Å². The number of nitrogens with one attached hydrogen (secondary N) is 1. The van der Waals surface area contributed by atoms with E-state index in [4.69, 9.17) is 5.11 Å². The zero-order chi connectivity index (χ0) is 14.6. The zero-order valence-corrected chi connectivity index (χ0v) is 11.9. The minimum atomic E-state index is -0.853. The van der Waals surface area contributed by atoms with Crippen LogP contribution in [0.5, 0.6) is 0 Å². The Morgan fingerprint density at radius 3 is 2.47 bits per heavy atom. The Kier molecular flexibility index (Phi) is 4.70. The summed E-state index contributed by atoms with van der Waals surface area (Å²) in [5.74, 6) is -1.01. The normalized spacial score (nSPS) is 11.2. The van der Waals surface area contributed by atoms with Crippen LogP contribution < -0.4 is 5.32 Å². The predicted octanol–water partition coefficient (Wildman–Crippen LogP) is 2.68. The highest BCUT2D eigenvalue weighted by molar-refractivity contribution is 5.96. The number of aryl methyl sites for hydroxylation is 2. The number of benzene rings is 1. The Labute approximate surface area is 113 Å². The topological polar surface area (TPSA) is 66.4 Å². The van der Waals surface area contributed by atoms with Gasteiger partial charge in [0.1, 0.15) is 0 Å². The molecule has 0 bridgehead atoms. The van der Waals surface area contributed by atoms with Crippen molar-refractivity contribution in [3.8, 4) is 0 Å². The molecular weight excluding hydrogens is 242 g/mol. The fourth-order valence-electron chi connectivity index (χ4n) is 1.84. The third kappa shape index (κ3) is 4.73. The number of rotatable bonds is 5. The van der Waals surface area contributed by atoms with Gasteiger partial charge < -0.3 is 10.4 Å². The van der Waals surface area contributed by atoms with Gasteiger partial charge in [-0.3, -0.25) is 9.59 Å². The second-order valence-electron chi connectivity index (χ2n) is 5.55. The number of carbonyl (C=O) groups excluding carboxylic acids is 1. The Hall–Kier alpha value is -1.84. The summed E-state index contributed by atoms with van der Waals surface area (Å²) in [6.07, 6.45) is 0.443. The third-order valence-electron chi connectivity index (χ3n) is 3.05. The maximum Gasteiger partial charge on any atom is 0.303 e. The number of hydrogen-bond acceptors (Lipinski definition) is 2. The van der Waals surface area contributed by atoms with Crippen LogP contribution in [0.25, 0.3) is 0 Å². The van der Waals surface area contributed by atoms with Crippen molar-refractivity contribution in [1.82, 2.24) is 5.32 Å². The summed E-state index contributed by atoms with van der Waals surface area (Å²) in [4.78, 5) is 22.8. The lowest BCUT2D eigenvalue weighted by Gasteiger charge is -2.26. The molecular formula is C15H21NO3. The maximum absolute atomic E-state index is 12.2. The van der Waals surface area contributed by atoms with E-state index in [9.17, 15) is 9.59 Å². The molecule has 0 aliphatic carbocycles. The molecule has 1 aromatic carbocycles. The SMILES string of the molecule is Cc1ccc(C)c(C(=O)NC(C)(C)CCC(=O)O)c1. The molecule has 0 atom stereocenters. The number of carbonyl (C=O) groups is 2. The van der Waals surface area contributed by atoms with E-state index in [1.54, 1.807) is 0 Å². The van der Waals surface area contributed by atoms with Gasteiger partial charge in [0.15, 0.2) is 0 Å². The molecule has 0 saturated carbocycles. The minimum absolute atomic E-state index is 0.0417. The van der Waals surface area contributed by atoms with Crippen LogP contribution in [0.4, 0.5) is 0 Å². The molecule has 0 fully saturated rings. The number of carboxylic acid groups (broad SMARTS) is 1. The summed E-state index contributed by atoms with van der Waals surface area (Å²) in [6.45, 7) is 7.49. The summed E-state index contributed by atoms with van der Waals surface area (Å²) in [6, 6.07) is 5.72. The van der Waals surface area contributed by atoms with Gasteiger partial charge in [-0.05, 0) is 45.7 Å². The maximum atomic E-state index is 12.2. The zero-order valence-electron chi connectivity index (χ0n) is 11.9. The first-order chi connectivity index (χ1) is 8.71. The average Bonchev–Trinajstić information content (AvgIpc) is 2.29. The van der Waals surface area contributed by atoms with Crippen LogP contribution in [0, 0.1) is 13.8 Å². The lowest BCUT2D eigenvalue weighted by Crippen LogP contribution is -2.44. The first kappa shape index (κ1) is 15.2. The number of amides is 1. The van der Waals surface area contributed by atoms with E-state index in [2.05, 4.69) is 5.32 Å². The van der Waals surface area contributed by atoms with E-state index < -0.39 is 11.5 Å². The average molecular weight is 263 g/mol. The van der Waals surface area contributed by atoms with E-state index >= 15 is 0 Å². The standard InChI is InChI=1S/C15H21NO3/c1-10-5-6-11(2)12(9-10)14(19)16-15(3,4)8-7-13(17)18/h5-6,9H,7-8H2,1-4H3,(H,16,19)(H,17,18). The molecule has 0 radical (unpaired) electrons. The van der Waals surface area contributed by atoms with E-state index in [-0.39, 0.29) is 12.3 Å². The summed E-state index contributed by atoms with van der Waals surface area (Å²) >= 11 is 0. The lowest BCUT2D eigenvalue weighted by molar-refractivity contribution is -0.137. The van der Waals surface area contributed by atoms with Gasteiger partial charge in [0.2, 0.25) is 0 Å². The summed E-state index contributed by atoms with van der Waals surface area (Å²) < 4.78 is 0. The molecule has 0 aliphatic heterocycles. The molecule has 1 amide bonds. The van der Waals surface area contributed by atoms with Gasteiger partial charge in [0, 0.05) is 17.5 Å². The third-order valence-corrected chi connectivity index (χ3v) is 3.05. The van der Waals surface area contributed by atoms with Crippen molar-refractivity contribution in [1.29, 1.82) is 0 Å². The van der Waals surface area contributed by atoms with Crippen LogP contribution in [-0.2, 0) is 4.79 Å². The van der Waals surface area contributed by atoms with Crippen LogP contribution in [0.1, 0.15) is 48.2 Å². The molecule has 0 spiro atoms. The molecule has 104 valence electrons. The van der Waals surface area contributed by atoms with E-state index in [1.807, 2.05) is 45.9 Å². The van der Waals surface area contributed by atoms with Crippen molar-refractivity contribution in [3.63, 3.8) is 0 Å². The highest BCUT2D eigenvalue weighted by Crippen LogP contribution is 2.15. The molecule has 4 heteroatoms. The second kappa shape index (κ2) is 5.87. The monoisotopic (exact) mass is 263 g/mol. The Morgan fingerprint density at radius 2 is 1.89 bits per heavy atom. The molecule has 1 rings (SSSR count). The molecule has 0 unspecified atom stereocenters. The van der Waals surface area contributed by atoms with Crippen LogP contribution in [0.3, 0.4) is 0 Å². The van der Waals surface area contributed by atoms with Gasteiger partial charge in [-0.15, -0.1) is 0 Å². The van der Waals surface area contributed by atoms with Gasteiger partial charge in [-0.25, -0.2) is 0 Å². The summed E-state index contributed by atoms with van der Waals surface area (Å²) in [5, 5.41) is 11.6. The largest absolute Gasteiger partial charge is 0.481 e. The molecule has 0 aliphatic rings. The number of hydrogen-bond donors (Lipinski definition) is 2. The van der Waals surface area contributed by atoms with Crippen molar-refractivity contribution >= 4 is 11.9 Å². The van der Waals surface area contributed by atoms with Gasteiger partial charge in [-0.2, -0.15) is 0 Å². The number of carboxylic acids is 1. The highest BCUT2D eigenvalue weighted by atomic mass is 16.4. The number of aliphatic carboxylic acids is 1. The Morgan fingerprint density at radius 1 is 1.26 bits per heavy atom. The smallest absolute Gasteiger partial charge is 0.303 e. The van der Waals surface area contributed by atoms with E-state index in [0.717, 1.165) is 11.1 Å². The molecule has 0 heterocycles. The fourth-order valence-corrected chi connectivity index (χ4v) is 1.84. The molecule has 0 aromatic heterocycles. The van der Waals surface area contributed by atoms with Crippen molar-refractivity contribution in [2.24, 2.45) is 0 Å². The van der Waals surface area contributed by atoms with Crippen LogP contribution >= 0.6 is 0 Å². The first-order valence-electron chi connectivity index (χ1n) is 6.33. The van der Waals surface area contributed by atoms with Gasteiger partial charge in [-0.1, -0.05) is 17.7 Å². The Balaban J connectivity index is 2.78. The van der Waals surface area contributed by atoms with Crippen molar-refractivity contribution in [3.05, 3.63) is 34.9 Å². The molecule has 2 N–H and O–H groups in total. The van der Waals surface area contributed by atoms with Gasteiger partial charge >= 0.3 is 5.97 Å². The fraction of sp³-hybridized carbons (Fsp3) is 0.467. The molecule has 19 heavy (non-hydrogen) atoms. The van der Waals surface area contributed by atoms with Crippen molar-refractivity contribution in [2.75, 3.05) is 0 Å². The predicted molar refractivity (Wildman–Crippen MR) is 74.3 cm³/mol. The lowest BCUT2D eigenvalue weighted by atomic mass is 9.97.